The molecule has 1 aliphatic rings. The fraction of sp³-hybridized carbons (Fsp3) is 0.846. The Morgan fingerprint density at radius 1 is 1.37 bits per heavy atom. The molecule has 1 aliphatic heterocycles. The molecule has 0 aromatic carbocycles. The highest BCUT2D eigenvalue weighted by molar-refractivity contribution is 5.74. The third kappa shape index (κ3) is 6.42. The number of urea groups is 1. The standard InChI is InChI=1S/C13H25N3O3/c1-10(7-12(17)18)8-14-13(19)15-9-11-5-3-4-6-16(11)2/h10-11H,3-9H2,1-2H3,(H,17,18)(H2,14,15,19). The van der Waals surface area contributed by atoms with Crippen molar-refractivity contribution in [2.75, 3.05) is 26.7 Å². The van der Waals surface area contributed by atoms with Crippen LogP contribution < -0.4 is 10.6 Å². The Kier molecular flexibility index (Phi) is 6.62. The topological polar surface area (TPSA) is 81.7 Å². The minimum absolute atomic E-state index is 0.0550. The fourth-order valence-electron chi connectivity index (χ4n) is 2.31. The maximum atomic E-state index is 11.6. The SMILES string of the molecule is CC(CNC(=O)NCC1CCCCN1C)CC(=O)O. The molecule has 19 heavy (non-hydrogen) atoms. The highest BCUT2D eigenvalue weighted by Crippen LogP contribution is 2.13. The van der Waals surface area contributed by atoms with Crippen molar-refractivity contribution >= 4 is 12.0 Å². The number of hydrogen-bond acceptors (Lipinski definition) is 3. The van der Waals surface area contributed by atoms with Gasteiger partial charge in [0.15, 0.2) is 0 Å². The van der Waals surface area contributed by atoms with Gasteiger partial charge in [0.25, 0.3) is 0 Å². The van der Waals surface area contributed by atoms with Crippen molar-refractivity contribution in [1.82, 2.24) is 15.5 Å². The van der Waals surface area contributed by atoms with Gasteiger partial charge in [-0.3, -0.25) is 4.79 Å². The van der Waals surface area contributed by atoms with Gasteiger partial charge in [-0.25, -0.2) is 4.79 Å². The van der Waals surface area contributed by atoms with Crippen molar-refractivity contribution in [2.45, 2.75) is 38.6 Å². The molecule has 6 nitrogen and oxygen atoms in total. The summed E-state index contributed by atoms with van der Waals surface area (Å²) in [5.74, 6) is -0.890. The molecule has 0 aliphatic carbocycles. The lowest BCUT2D eigenvalue weighted by Crippen LogP contribution is -2.47. The largest absolute Gasteiger partial charge is 0.481 e. The normalized spacial score (nSPS) is 21.7. The Bertz CT molecular complexity index is 310. The first-order chi connectivity index (χ1) is 8.99. The molecule has 0 aromatic rings. The lowest BCUT2D eigenvalue weighted by Gasteiger charge is -2.32. The Morgan fingerprint density at radius 3 is 2.74 bits per heavy atom. The number of nitrogens with one attached hydrogen (secondary N) is 2. The van der Waals surface area contributed by atoms with Gasteiger partial charge in [-0.2, -0.15) is 0 Å². The number of piperidine rings is 1. The monoisotopic (exact) mass is 271 g/mol. The van der Waals surface area contributed by atoms with Gasteiger partial charge in [-0.15, -0.1) is 0 Å². The number of carbonyl (C=O) groups excluding carboxylic acids is 1. The molecule has 2 atom stereocenters. The van der Waals surface area contributed by atoms with Gasteiger partial charge in [0.05, 0.1) is 0 Å². The van der Waals surface area contributed by atoms with E-state index in [1.165, 1.54) is 12.8 Å². The number of likely N-dealkylation sites (tertiary alicyclic amines) is 1. The van der Waals surface area contributed by atoms with Crippen molar-refractivity contribution in [1.29, 1.82) is 0 Å². The molecular formula is C13H25N3O3. The zero-order valence-electron chi connectivity index (χ0n) is 11.8. The summed E-state index contributed by atoms with van der Waals surface area (Å²) in [6.07, 6.45) is 3.64. The summed E-state index contributed by atoms with van der Waals surface area (Å²) < 4.78 is 0. The van der Waals surface area contributed by atoms with Crippen LogP contribution in [-0.2, 0) is 4.79 Å². The number of carboxylic acids is 1. The summed E-state index contributed by atoms with van der Waals surface area (Å²) in [5.41, 5.74) is 0. The number of carboxylic acid groups (broad SMARTS) is 1. The molecule has 0 bridgehead atoms. The summed E-state index contributed by atoms with van der Waals surface area (Å²) >= 11 is 0. The van der Waals surface area contributed by atoms with E-state index in [2.05, 4.69) is 22.6 Å². The highest BCUT2D eigenvalue weighted by Gasteiger charge is 2.19. The molecule has 2 amide bonds. The highest BCUT2D eigenvalue weighted by atomic mass is 16.4. The minimum Gasteiger partial charge on any atom is -0.481 e. The Labute approximate surface area is 114 Å². The van der Waals surface area contributed by atoms with Crippen LogP contribution in [-0.4, -0.2) is 54.7 Å². The van der Waals surface area contributed by atoms with Crippen LogP contribution in [0.1, 0.15) is 32.6 Å². The molecule has 1 fully saturated rings. The fourth-order valence-corrected chi connectivity index (χ4v) is 2.31. The summed E-state index contributed by atoms with van der Waals surface area (Å²) in [4.78, 5) is 24.4. The molecule has 1 saturated heterocycles. The molecule has 2 unspecified atom stereocenters. The molecule has 3 N–H and O–H groups in total. The van der Waals surface area contributed by atoms with E-state index in [1.807, 2.05) is 6.92 Å². The summed E-state index contributed by atoms with van der Waals surface area (Å²) in [7, 11) is 2.08. The van der Waals surface area contributed by atoms with Crippen molar-refractivity contribution in [3.05, 3.63) is 0 Å². The van der Waals surface area contributed by atoms with Crippen LogP contribution in [0.15, 0.2) is 0 Å². The predicted octanol–water partition coefficient (Wildman–Crippen LogP) is 0.881. The quantitative estimate of drug-likeness (QED) is 0.670. The van der Waals surface area contributed by atoms with Gasteiger partial charge in [-0.05, 0) is 32.4 Å². The van der Waals surface area contributed by atoms with E-state index in [4.69, 9.17) is 5.11 Å². The maximum Gasteiger partial charge on any atom is 0.314 e. The van der Waals surface area contributed by atoms with Crippen LogP contribution in [0.25, 0.3) is 0 Å². The van der Waals surface area contributed by atoms with Gasteiger partial charge in [0.2, 0.25) is 0 Å². The van der Waals surface area contributed by atoms with Crippen molar-refractivity contribution in [3.63, 3.8) is 0 Å². The maximum absolute atomic E-state index is 11.6. The first kappa shape index (κ1) is 15.8. The van der Waals surface area contributed by atoms with Crippen molar-refractivity contribution < 1.29 is 14.7 Å². The third-order valence-electron chi connectivity index (χ3n) is 3.55. The number of amides is 2. The second-order valence-electron chi connectivity index (χ2n) is 5.42. The van der Waals surface area contributed by atoms with Crippen LogP contribution in [0.5, 0.6) is 0 Å². The number of likely N-dealkylation sites (N-methyl/N-ethyl adjacent to an activating group) is 1. The Hall–Kier alpha value is -1.30. The summed E-state index contributed by atoms with van der Waals surface area (Å²) in [6, 6.07) is 0.201. The third-order valence-corrected chi connectivity index (χ3v) is 3.55. The van der Waals surface area contributed by atoms with Crippen molar-refractivity contribution in [2.24, 2.45) is 5.92 Å². The lowest BCUT2D eigenvalue weighted by atomic mass is 10.0. The van der Waals surface area contributed by atoms with E-state index in [0.29, 0.717) is 19.1 Å². The average Bonchev–Trinajstić information content (AvgIpc) is 2.34. The Morgan fingerprint density at radius 2 is 2.11 bits per heavy atom. The zero-order valence-corrected chi connectivity index (χ0v) is 11.8. The first-order valence-corrected chi connectivity index (χ1v) is 6.92. The number of carbonyl (C=O) groups is 2. The molecule has 0 spiro atoms. The zero-order chi connectivity index (χ0) is 14.3. The smallest absolute Gasteiger partial charge is 0.314 e. The van der Waals surface area contributed by atoms with E-state index in [0.717, 1.165) is 13.0 Å². The Balaban J connectivity index is 2.15. The molecule has 1 heterocycles. The van der Waals surface area contributed by atoms with E-state index in [1.54, 1.807) is 0 Å². The number of aliphatic carboxylic acids is 1. The van der Waals surface area contributed by atoms with Gasteiger partial charge in [0.1, 0.15) is 0 Å². The number of nitrogens with zero attached hydrogens (tertiary/aromatic N) is 1. The average molecular weight is 271 g/mol. The van der Waals surface area contributed by atoms with Crippen LogP contribution >= 0.6 is 0 Å². The van der Waals surface area contributed by atoms with Crippen LogP contribution in [0.4, 0.5) is 4.79 Å². The van der Waals surface area contributed by atoms with E-state index in [9.17, 15) is 9.59 Å². The lowest BCUT2D eigenvalue weighted by molar-refractivity contribution is -0.137. The molecule has 110 valence electrons. The first-order valence-electron chi connectivity index (χ1n) is 6.92. The molecular weight excluding hydrogens is 246 g/mol. The molecule has 0 aromatic heterocycles. The molecule has 0 radical (unpaired) electrons. The predicted molar refractivity (Wildman–Crippen MR) is 73.1 cm³/mol. The van der Waals surface area contributed by atoms with Gasteiger partial charge in [-0.1, -0.05) is 13.3 Å². The van der Waals surface area contributed by atoms with Gasteiger partial charge < -0.3 is 20.6 Å². The van der Waals surface area contributed by atoms with Gasteiger partial charge in [0, 0.05) is 25.6 Å². The summed E-state index contributed by atoms with van der Waals surface area (Å²) in [6.45, 7) is 3.93. The second-order valence-corrected chi connectivity index (χ2v) is 5.42. The van der Waals surface area contributed by atoms with Crippen molar-refractivity contribution in [3.8, 4) is 0 Å². The van der Waals surface area contributed by atoms with E-state index < -0.39 is 5.97 Å². The van der Waals surface area contributed by atoms with E-state index >= 15 is 0 Å². The minimum atomic E-state index is -0.835. The molecule has 0 saturated carbocycles. The molecule has 1 rings (SSSR count). The van der Waals surface area contributed by atoms with Crippen LogP contribution in [0.3, 0.4) is 0 Å². The van der Waals surface area contributed by atoms with E-state index in [-0.39, 0.29) is 18.4 Å². The van der Waals surface area contributed by atoms with Crippen LogP contribution in [0, 0.1) is 5.92 Å². The number of hydrogen-bond donors (Lipinski definition) is 3. The van der Waals surface area contributed by atoms with Crippen LogP contribution in [0.2, 0.25) is 0 Å². The second kappa shape index (κ2) is 7.99. The summed E-state index contributed by atoms with van der Waals surface area (Å²) in [5, 5.41) is 14.2. The molecule has 6 heteroatoms. The number of rotatable bonds is 6. The van der Waals surface area contributed by atoms with Gasteiger partial charge >= 0.3 is 12.0 Å².